The Hall–Kier alpha value is -0.870. The van der Waals surface area contributed by atoms with E-state index >= 15 is 0 Å². The number of nitrogens with one attached hydrogen (secondary N) is 2. The lowest BCUT2D eigenvalue weighted by atomic mass is 10.0. The number of benzene rings is 1. The SMILES string of the molecule is CCC(NCC(=O)NC1CC1)c1ccccc1Br. The van der Waals surface area contributed by atoms with E-state index in [4.69, 9.17) is 0 Å². The van der Waals surface area contributed by atoms with Gasteiger partial charge in [0.2, 0.25) is 5.91 Å². The first-order valence-electron chi connectivity index (χ1n) is 6.48. The number of halogens is 1. The lowest BCUT2D eigenvalue weighted by Gasteiger charge is -2.18. The monoisotopic (exact) mass is 310 g/mol. The molecule has 1 saturated carbocycles. The van der Waals surface area contributed by atoms with Crippen LogP contribution in [-0.4, -0.2) is 18.5 Å². The Bertz CT molecular complexity index is 418. The molecule has 0 saturated heterocycles. The normalized spacial score (nSPS) is 16.3. The van der Waals surface area contributed by atoms with Crippen LogP contribution < -0.4 is 10.6 Å². The van der Waals surface area contributed by atoms with Crippen LogP contribution in [0.3, 0.4) is 0 Å². The zero-order valence-electron chi connectivity index (χ0n) is 10.6. The van der Waals surface area contributed by atoms with Crippen LogP contribution in [0.25, 0.3) is 0 Å². The maximum Gasteiger partial charge on any atom is 0.234 e. The Morgan fingerprint density at radius 2 is 2.17 bits per heavy atom. The van der Waals surface area contributed by atoms with Crippen LogP contribution in [0.1, 0.15) is 37.8 Å². The molecule has 1 atom stereocenters. The fourth-order valence-corrected chi connectivity index (χ4v) is 2.52. The molecule has 3 nitrogen and oxygen atoms in total. The predicted molar refractivity (Wildman–Crippen MR) is 76.3 cm³/mol. The summed E-state index contributed by atoms with van der Waals surface area (Å²) in [6.45, 7) is 2.51. The quantitative estimate of drug-likeness (QED) is 0.848. The van der Waals surface area contributed by atoms with Crippen molar-refractivity contribution in [3.05, 3.63) is 34.3 Å². The lowest BCUT2D eigenvalue weighted by molar-refractivity contribution is -0.120. The topological polar surface area (TPSA) is 41.1 Å². The molecule has 0 heterocycles. The summed E-state index contributed by atoms with van der Waals surface area (Å²) in [4.78, 5) is 11.6. The molecule has 2 N–H and O–H groups in total. The first kappa shape index (κ1) is 13.6. The van der Waals surface area contributed by atoms with Crippen LogP contribution in [0, 0.1) is 0 Å². The molecule has 0 aliphatic heterocycles. The van der Waals surface area contributed by atoms with E-state index in [1.54, 1.807) is 0 Å². The van der Waals surface area contributed by atoms with Gasteiger partial charge in [0.15, 0.2) is 0 Å². The van der Waals surface area contributed by atoms with Gasteiger partial charge < -0.3 is 10.6 Å². The number of amides is 1. The van der Waals surface area contributed by atoms with Gasteiger partial charge in [0.1, 0.15) is 0 Å². The molecule has 1 aromatic rings. The minimum Gasteiger partial charge on any atom is -0.352 e. The first-order valence-corrected chi connectivity index (χ1v) is 7.27. The highest BCUT2D eigenvalue weighted by Gasteiger charge is 2.23. The number of rotatable bonds is 6. The summed E-state index contributed by atoms with van der Waals surface area (Å²) in [5.74, 6) is 0.100. The summed E-state index contributed by atoms with van der Waals surface area (Å²) in [5.41, 5.74) is 1.21. The predicted octanol–water partition coefficient (Wildman–Crippen LogP) is 2.77. The van der Waals surface area contributed by atoms with E-state index in [0.29, 0.717) is 12.6 Å². The third-order valence-electron chi connectivity index (χ3n) is 3.14. The average Bonchev–Trinajstić information content (AvgIpc) is 3.16. The molecule has 1 amide bonds. The van der Waals surface area contributed by atoms with Gasteiger partial charge in [-0.1, -0.05) is 41.1 Å². The van der Waals surface area contributed by atoms with Gasteiger partial charge in [-0.3, -0.25) is 4.79 Å². The van der Waals surface area contributed by atoms with Crippen molar-refractivity contribution in [1.82, 2.24) is 10.6 Å². The largest absolute Gasteiger partial charge is 0.352 e. The molecule has 0 bridgehead atoms. The summed E-state index contributed by atoms with van der Waals surface area (Å²) in [6.07, 6.45) is 3.22. The Balaban J connectivity index is 1.88. The van der Waals surface area contributed by atoms with Gasteiger partial charge in [0.05, 0.1) is 6.54 Å². The van der Waals surface area contributed by atoms with Gasteiger partial charge in [-0.15, -0.1) is 0 Å². The van der Waals surface area contributed by atoms with E-state index in [2.05, 4.69) is 39.6 Å². The maximum absolute atomic E-state index is 11.6. The molecule has 1 unspecified atom stereocenters. The molecule has 0 aromatic heterocycles. The van der Waals surface area contributed by atoms with Crippen LogP contribution in [0.2, 0.25) is 0 Å². The molecule has 18 heavy (non-hydrogen) atoms. The minimum absolute atomic E-state index is 0.100. The van der Waals surface area contributed by atoms with Gasteiger partial charge in [0.25, 0.3) is 0 Å². The van der Waals surface area contributed by atoms with Crippen LogP contribution in [0.4, 0.5) is 0 Å². The fraction of sp³-hybridized carbons (Fsp3) is 0.500. The summed E-state index contributed by atoms with van der Waals surface area (Å²) < 4.78 is 1.09. The van der Waals surface area contributed by atoms with Crippen molar-refractivity contribution in [2.75, 3.05) is 6.54 Å². The number of carbonyl (C=O) groups excluding carboxylic acids is 1. The number of hydrogen-bond acceptors (Lipinski definition) is 2. The van der Waals surface area contributed by atoms with Crippen molar-refractivity contribution in [3.8, 4) is 0 Å². The highest BCUT2D eigenvalue weighted by molar-refractivity contribution is 9.10. The fourth-order valence-electron chi connectivity index (χ4n) is 1.95. The Morgan fingerprint density at radius 1 is 1.44 bits per heavy atom. The third-order valence-corrected chi connectivity index (χ3v) is 3.86. The molecule has 1 aliphatic rings. The molecule has 98 valence electrons. The van der Waals surface area contributed by atoms with Gasteiger partial charge in [-0.25, -0.2) is 0 Å². The number of hydrogen-bond donors (Lipinski definition) is 2. The van der Waals surface area contributed by atoms with Crippen LogP contribution in [-0.2, 0) is 4.79 Å². The van der Waals surface area contributed by atoms with Crippen molar-refractivity contribution in [2.24, 2.45) is 0 Å². The molecule has 4 heteroatoms. The molecule has 0 radical (unpaired) electrons. The molecule has 1 fully saturated rings. The second kappa shape index (κ2) is 6.34. The summed E-state index contributed by atoms with van der Waals surface area (Å²) in [6, 6.07) is 8.79. The van der Waals surface area contributed by atoms with E-state index < -0.39 is 0 Å². The van der Waals surface area contributed by atoms with E-state index in [1.807, 2.05) is 18.2 Å². The van der Waals surface area contributed by atoms with Crippen molar-refractivity contribution < 1.29 is 4.79 Å². The van der Waals surface area contributed by atoms with Crippen LogP contribution in [0.5, 0.6) is 0 Å². The van der Waals surface area contributed by atoms with Gasteiger partial charge >= 0.3 is 0 Å². The van der Waals surface area contributed by atoms with Crippen molar-refractivity contribution in [3.63, 3.8) is 0 Å². The standard InChI is InChI=1S/C14H19BrN2O/c1-2-13(11-5-3-4-6-12(11)15)16-9-14(18)17-10-7-8-10/h3-6,10,13,16H,2,7-9H2,1H3,(H,17,18). The van der Waals surface area contributed by atoms with Gasteiger partial charge in [0, 0.05) is 16.6 Å². The van der Waals surface area contributed by atoms with Gasteiger partial charge in [-0.2, -0.15) is 0 Å². The minimum atomic E-state index is 0.100. The first-order chi connectivity index (χ1) is 8.70. The lowest BCUT2D eigenvalue weighted by Crippen LogP contribution is -2.36. The van der Waals surface area contributed by atoms with Gasteiger partial charge in [-0.05, 0) is 30.9 Å². The Labute approximate surface area is 116 Å². The number of carbonyl (C=O) groups is 1. The maximum atomic E-state index is 11.6. The Kier molecular flexibility index (Phi) is 4.78. The molecule has 0 spiro atoms. The summed E-state index contributed by atoms with van der Waals surface area (Å²) in [5, 5.41) is 6.30. The average molecular weight is 311 g/mol. The molecular formula is C14H19BrN2O. The highest BCUT2D eigenvalue weighted by atomic mass is 79.9. The zero-order valence-corrected chi connectivity index (χ0v) is 12.2. The zero-order chi connectivity index (χ0) is 13.0. The second-order valence-electron chi connectivity index (χ2n) is 4.71. The summed E-state index contributed by atoms with van der Waals surface area (Å²) >= 11 is 3.55. The molecule has 2 rings (SSSR count). The van der Waals surface area contributed by atoms with E-state index in [9.17, 15) is 4.79 Å². The van der Waals surface area contributed by atoms with Crippen molar-refractivity contribution in [1.29, 1.82) is 0 Å². The van der Waals surface area contributed by atoms with E-state index in [-0.39, 0.29) is 11.9 Å². The summed E-state index contributed by atoms with van der Waals surface area (Å²) in [7, 11) is 0. The van der Waals surface area contributed by atoms with Crippen molar-refractivity contribution >= 4 is 21.8 Å². The van der Waals surface area contributed by atoms with E-state index in [1.165, 1.54) is 5.56 Å². The molecule has 1 aliphatic carbocycles. The Morgan fingerprint density at radius 3 is 2.78 bits per heavy atom. The van der Waals surface area contributed by atoms with Crippen LogP contribution in [0.15, 0.2) is 28.7 Å². The third kappa shape index (κ3) is 3.82. The molecule has 1 aromatic carbocycles. The second-order valence-corrected chi connectivity index (χ2v) is 5.56. The van der Waals surface area contributed by atoms with Crippen molar-refractivity contribution in [2.45, 2.75) is 38.3 Å². The smallest absolute Gasteiger partial charge is 0.234 e. The molecular weight excluding hydrogens is 292 g/mol. The van der Waals surface area contributed by atoms with Crippen LogP contribution >= 0.6 is 15.9 Å². The highest BCUT2D eigenvalue weighted by Crippen LogP contribution is 2.25. The van der Waals surface area contributed by atoms with E-state index in [0.717, 1.165) is 23.7 Å².